The molecule has 0 fully saturated rings. The van der Waals surface area contributed by atoms with Crippen molar-refractivity contribution < 1.29 is 13.9 Å². The van der Waals surface area contributed by atoms with Gasteiger partial charge in [0.15, 0.2) is 5.75 Å². The highest BCUT2D eigenvalue weighted by Crippen LogP contribution is 2.49. The molecule has 11 heteroatoms. The number of nitrogens with zero attached hydrogens (tertiary/aromatic N) is 2. The summed E-state index contributed by atoms with van der Waals surface area (Å²) < 4.78 is 19.2. The van der Waals surface area contributed by atoms with E-state index in [9.17, 15) is 9.18 Å². The quantitative estimate of drug-likeness (QED) is 0.172. The number of amides is 1. The van der Waals surface area contributed by atoms with E-state index in [1.54, 1.807) is 32.2 Å². The van der Waals surface area contributed by atoms with Crippen LogP contribution < -0.4 is 26.4 Å². The van der Waals surface area contributed by atoms with E-state index in [2.05, 4.69) is 32.9 Å². The second kappa shape index (κ2) is 12.7. The molecule has 1 amide bonds. The lowest BCUT2D eigenvalue weighted by Gasteiger charge is -2.29. The molecule has 1 aliphatic rings. The fraction of sp³-hybridized carbons (Fsp3) is 0.231. The number of rotatable bonds is 10. The molecule has 2 heterocycles. The third kappa shape index (κ3) is 6.18. The number of unbranched alkanes of at least 4 members (excludes halogenated alkanes) is 1. The number of allylic oxidation sites excluding steroid dienone is 2. The third-order valence-corrected chi connectivity index (χ3v) is 6.58. The number of hydrogen-bond acceptors (Lipinski definition) is 7. The van der Waals surface area contributed by atoms with E-state index in [0.29, 0.717) is 34.1 Å². The Morgan fingerprint density at radius 3 is 2.73 bits per heavy atom. The molecule has 194 valence electrons. The minimum Gasteiger partial charge on any atom is -0.494 e. The predicted octanol–water partition coefficient (Wildman–Crippen LogP) is 4.76. The first-order chi connectivity index (χ1) is 17.9. The summed E-state index contributed by atoms with van der Waals surface area (Å²) in [5, 5.41) is 16.6. The van der Waals surface area contributed by atoms with Gasteiger partial charge in [-0.05, 0) is 37.6 Å². The Labute approximate surface area is 219 Å². The Hall–Kier alpha value is -4.12. The normalized spacial score (nSPS) is 14.0. The van der Waals surface area contributed by atoms with Crippen LogP contribution >= 0.6 is 11.8 Å². The number of aliphatic imine (C=N–C) groups is 1. The lowest BCUT2D eigenvalue weighted by atomic mass is 10.1. The SMILES string of the molecule is C/C=C(/C(=O)NC)C1=C(/C(=C/CCC)Nc2ccc(F)cn2)Sc2ccc(C(N)=NC=N)c(OC)c2N1. The standard InChI is InChI=1S/C26H30FN7O2S/c1-5-7-8-18(33-20-12-9-15(27)13-31-20)24-21(16(6-2)26(35)30-3)34-22-19(37-24)11-10-17(23(22)36-4)25(29)32-14-28/h6,8-14,34H,5,7H2,1-4H3,(H,30,35)(H,31,33)(H3,28,29,32)/b16-6+,18-8-. The molecule has 0 saturated carbocycles. The average molecular weight is 524 g/mol. The number of hydrogen-bond donors (Lipinski definition) is 5. The highest BCUT2D eigenvalue weighted by atomic mass is 32.2. The maximum absolute atomic E-state index is 13.5. The minimum atomic E-state index is -0.434. The van der Waals surface area contributed by atoms with Gasteiger partial charge in [-0.1, -0.05) is 37.3 Å². The van der Waals surface area contributed by atoms with Gasteiger partial charge in [0.05, 0.1) is 46.4 Å². The highest BCUT2D eigenvalue weighted by molar-refractivity contribution is 8.03. The Morgan fingerprint density at radius 2 is 2.14 bits per heavy atom. The summed E-state index contributed by atoms with van der Waals surface area (Å²) >= 11 is 1.44. The van der Waals surface area contributed by atoms with E-state index in [0.717, 1.165) is 40.9 Å². The van der Waals surface area contributed by atoms with Gasteiger partial charge in [0.25, 0.3) is 5.91 Å². The molecule has 1 aromatic heterocycles. The number of nitrogens with two attached hydrogens (primary N) is 1. The van der Waals surface area contributed by atoms with Crippen LogP contribution in [0.25, 0.3) is 0 Å². The molecule has 0 unspecified atom stereocenters. The van der Waals surface area contributed by atoms with Gasteiger partial charge < -0.3 is 26.4 Å². The summed E-state index contributed by atoms with van der Waals surface area (Å²) in [6, 6.07) is 6.53. The Bertz CT molecular complexity index is 1300. The molecule has 0 spiro atoms. The summed E-state index contributed by atoms with van der Waals surface area (Å²) in [6.07, 6.45) is 7.42. The van der Waals surface area contributed by atoms with E-state index in [4.69, 9.17) is 15.9 Å². The van der Waals surface area contributed by atoms with Crippen molar-refractivity contribution in [3.63, 3.8) is 0 Å². The fourth-order valence-electron chi connectivity index (χ4n) is 3.64. The maximum Gasteiger partial charge on any atom is 0.252 e. The Morgan fingerprint density at radius 1 is 1.35 bits per heavy atom. The van der Waals surface area contributed by atoms with Crippen LogP contribution in [-0.4, -0.2) is 37.2 Å². The van der Waals surface area contributed by atoms with Crippen molar-refractivity contribution in [3.05, 3.63) is 75.9 Å². The monoisotopic (exact) mass is 523 g/mol. The number of benzene rings is 1. The number of carbonyl (C=O) groups is 1. The van der Waals surface area contributed by atoms with E-state index >= 15 is 0 Å². The number of nitrogens with one attached hydrogen (secondary N) is 4. The number of methoxy groups -OCH3 is 1. The van der Waals surface area contributed by atoms with Crippen LogP contribution in [0.1, 0.15) is 32.3 Å². The van der Waals surface area contributed by atoms with Crippen molar-refractivity contribution in [2.75, 3.05) is 24.8 Å². The van der Waals surface area contributed by atoms with Crippen molar-refractivity contribution >= 4 is 41.3 Å². The third-order valence-electron chi connectivity index (χ3n) is 5.39. The predicted molar refractivity (Wildman–Crippen MR) is 148 cm³/mol. The van der Waals surface area contributed by atoms with Gasteiger partial charge in [-0.15, -0.1) is 0 Å². The van der Waals surface area contributed by atoms with Crippen LogP contribution in [0.4, 0.5) is 15.9 Å². The van der Waals surface area contributed by atoms with Gasteiger partial charge in [-0.2, -0.15) is 0 Å². The number of thioether (sulfide) groups is 1. The number of likely N-dealkylation sites (N-methyl/N-ethyl adjacent to an activating group) is 1. The fourth-order valence-corrected chi connectivity index (χ4v) is 4.75. The lowest BCUT2D eigenvalue weighted by Crippen LogP contribution is -2.26. The zero-order valence-electron chi connectivity index (χ0n) is 21.1. The van der Waals surface area contributed by atoms with Gasteiger partial charge >= 0.3 is 0 Å². The van der Waals surface area contributed by atoms with Crippen LogP contribution in [0.5, 0.6) is 5.75 Å². The van der Waals surface area contributed by atoms with Gasteiger partial charge in [0, 0.05) is 11.9 Å². The van der Waals surface area contributed by atoms with Crippen molar-refractivity contribution in [3.8, 4) is 5.75 Å². The van der Waals surface area contributed by atoms with Crippen molar-refractivity contribution in [1.29, 1.82) is 5.41 Å². The molecule has 37 heavy (non-hydrogen) atoms. The minimum absolute atomic E-state index is 0.128. The molecule has 9 nitrogen and oxygen atoms in total. The summed E-state index contributed by atoms with van der Waals surface area (Å²) in [5.41, 5.74) is 8.89. The zero-order valence-corrected chi connectivity index (χ0v) is 21.9. The van der Waals surface area contributed by atoms with E-state index < -0.39 is 5.82 Å². The van der Waals surface area contributed by atoms with Gasteiger partial charge in [-0.25, -0.2) is 14.4 Å². The molecule has 0 radical (unpaired) electrons. The highest BCUT2D eigenvalue weighted by Gasteiger charge is 2.29. The molecule has 2 aromatic rings. The molecule has 0 bridgehead atoms. The largest absolute Gasteiger partial charge is 0.494 e. The topological polar surface area (TPSA) is 138 Å². The molecular weight excluding hydrogens is 493 g/mol. The van der Waals surface area contributed by atoms with Crippen LogP contribution in [0.3, 0.4) is 0 Å². The van der Waals surface area contributed by atoms with E-state index in [1.807, 2.05) is 12.1 Å². The van der Waals surface area contributed by atoms with Crippen molar-refractivity contribution in [1.82, 2.24) is 10.3 Å². The van der Waals surface area contributed by atoms with Crippen LogP contribution in [-0.2, 0) is 4.79 Å². The zero-order chi connectivity index (χ0) is 26.9. The molecule has 3 rings (SSSR count). The van der Waals surface area contributed by atoms with Crippen LogP contribution in [0.15, 0.2) is 74.4 Å². The Balaban J connectivity index is 2.22. The first-order valence-electron chi connectivity index (χ1n) is 11.6. The number of carbonyl (C=O) groups excluding carboxylic acids is 1. The molecule has 1 aromatic carbocycles. The number of ether oxygens (including phenoxy) is 1. The first kappa shape index (κ1) is 27.5. The first-order valence-corrected chi connectivity index (χ1v) is 12.4. The van der Waals surface area contributed by atoms with Crippen molar-refractivity contribution in [2.45, 2.75) is 31.6 Å². The summed E-state index contributed by atoms with van der Waals surface area (Å²) in [7, 11) is 3.09. The number of pyridine rings is 1. The number of fused-ring (bicyclic) bond motifs is 1. The average Bonchev–Trinajstić information content (AvgIpc) is 2.91. The van der Waals surface area contributed by atoms with Crippen LogP contribution in [0, 0.1) is 11.2 Å². The van der Waals surface area contributed by atoms with Gasteiger partial charge in [-0.3, -0.25) is 10.2 Å². The van der Waals surface area contributed by atoms with Crippen molar-refractivity contribution in [2.24, 2.45) is 10.7 Å². The molecule has 0 saturated heterocycles. The summed E-state index contributed by atoms with van der Waals surface area (Å²) in [4.78, 5) is 22.5. The lowest BCUT2D eigenvalue weighted by molar-refractivity contribution is -0.116. The maximum atomic E-state index is 13.5. The molecule has 0 aliphatic carbocycles. The second-order valence-electron chi connectivity index (χ2n) is 7.77. The van der Waals surface area contributed by atoms with Crippen LogP contribution in [0.2, 0.25) is 0 Å². The van der Waals surface area contributed by atoms with Gasteiger partial charge in [0.1, 0.15) is 23.8 Å². The number of aromatic nitrogens is 1. The number of halogens is 1. The van der Waals surface area contributed by atoms with E-state index in [1.165, 1.54) is 24.9 Å². The van der Waals surface area contributed by atoms with Gasteiger partial charge in [0.2, 0.25) is 0 Å². The molecule has 6 N–H and O–H groups in total. The smallest absolute Gasteiger partial charge is 0.252 e. The second-order valence-corrected chi connectivity index (χ2v) is 8.82. The molecule has 0 atom stereocenters. The number of anilines is 2. The molecular formula is C26H30FN7O2S. The number of amidine groups is 1. The Kier molecular flexibility index (Phi) is 9.45. The molecule has 1 aliphatic heterocycles. The summed E-state index contributed by atoms with van der Waals surface area (Å²) in [6.45, 7) is 3.85. The summed E-state index contributed by atoms with van der Waals surface area (Å²) in [5.74, 6) is 0.317. The van der Waals surface area contributed by atoms with E-state index in [-0.39, 0.29) is 11.7 Å².